The zero-order valence-electron chi connectivity index (χ0n) is 14.0. The number of ether oxygens (including phenoxy) is 2. The summed E-state index contributed by atoms with van der Waals surface area (Å²) in [5.41, 5.74) is 1.33. The van der Waals surface area contributed by atoms with Gasteiger partial charge < -0.3 is 14.8 Å². The maximum atomic E-state index is 6.04. The fourth-order valence-corrected chi connectivity index (χ4v) is 3.92. The predicted octanol–water partition coefficient (Wildman–Crippen LogP) is 3.87. The number of hydrogen-bond donors (Lipinski definition) is 1. The van der Waals surface area contributed by atoms with Gasteiger partial charge in [-0.05, 0) is 37.8 Å². The molecule has 0 aromatic heterocycles. The van der Waals surface area contributed by atoms with Gasteiger partial charge >= 0.3 is 0 Å². The van der Waals surface area contributed by atoms with Crippen LogP contribution < -0.4 is 5.32 Å². The normalized spacial score (nSPS) is 24.6. The molecule has 1 aliphatic heterocycles. The van der Waals surface area contributed by atoms with E-state index in [1.54, 1.807) is 0 Å². The van der Waals surface area contributed by atoms with Crippen molar-refractivity contribution in [1.82, 2.24) is 5.32 Å². The van der Waals surface area contributed by atoms with Crippen molar-refractivity contribution in [1.29, 1.82) is 0 Å². The highest BCUT2D eigenvalue weighted by Crippen LogP contribution is 2.43. The van der Waals surface area contributed by atoms with Gasteiger partial charge in [0.15, 0.2) is 5.79 Å². The lowest BCUT2D eigenvalue weighted by Crippen LogP contribution is -2.44. The summed E-state index contributed by atoms with van der Waals surface area (Å²) in [6.45, 7) is 7.65. The van der Waals surface area contributed by atoms with Crippen LogP contribution in [0, 0.1) is 5.92 Å². The smallest absolute Gasteiger partial charge is 0.171 e. The van der Waals surface area contributed by atoms with Gasteiger partial charge in [0.25, 0.3) is 0 Å². The molecule has 2 atom stereocenters. The molecule has 2 fully saturated rings. The zero-order chi connectivity index (χ0) is 16.0. The van der Waals surface area contributed by atoms with Crippen LogP contribution in [0.3, 0.4) is 0 Å². The minimum atomic E-state index is -0.267. The summed E-state index contributed by atoms with van der Waals surface area (Å²) >= 11 is 0. The summed E-state index contributed by atoms with van der Waals surface area (Å²) in [5, 5.41) is 3.60. The third-order valence-corrected chi connectivity index (χ3v) is 5.23. The van der Waals surface area contributed by atoms with Crippen molar-refractivity contribution in [2.45, 2.75) is 43.8 Å². The molecule has 1 aliphatic carbocycles. The summed E-state index contributed by atoms with van der Waals surface area (Å²) in [6, 6.07) is 10.6. The minimum Gasteiger partial charge on any atom is -0.350 e. The Morgan fingerprint density at radius 1 is 1.22 bits per heavy atom. The lowest BCUT2D eigenvalue weighted by Gasteiger charge is -2.38. The van der Waals surface area contributed by atoms with Crippen LogP contribution in [0.4, 0.5) is 0 Å². The minimum absolute atomic E-state index is 0.267. The van der Waals surface area contributed by atoms with Gasteiger partial charge in [0.1, 0.15) is 0 Å². The molecule has 1 aromatic rings. The molecule has 1 heterocycles. The molecule has 3 heteroatoms. The Balaban J connectivity index is 1.45. The Hall–Kier alpha value is -1.16. The Morgan fingerprint density at radius 2 is 2.00 bits per heavy atom. The van der Waals surface area contributed by atoms with Crippen LogP contribution in [-0.2, 0) is 9.47 Å². The van der Waals surface area contributed by atoms with E-state index in [2.05, 4.69) is 42.2 Å². The van der Waals surface area contributed by atoms with Gasteiger partial charge in [-0.15, -0.1) is 6.58 Å². The second-order valence-corrected chi connectivity index (χ2v) is 6.70. The van der Waals surface area contributed by atoms with Gasteiger partial charge in [-0.1, -0.05) is 36.4 Å². The first-order valence-corrected chi connectivity index (χ1v) is 9.00. The largest absolute Gasteiger partial charge is 0.350 e. The van der Waals surface area contributed by atoms with E-state index >= 15 is 0 Å². The lowest BCUT2D eigenvalue weighted by molar-refractivity contribution is -0.284. The predicted molar refractivity (Wildman–Crippen MR) is 93.5 cm³/mol. The SMILES string of the molecule is C=C[C@@H](CNCCC1CCCC12OCCCO2)c1ccccc1. The molecule has 1 aromatic carbocycles. The average molecular weight is 315 g/mol. The first-order chi connectivity index (χ1) is 11.3. The second-order valence-electron chi connectivity index (χ2n) is 6.70. The van der Waals surface area contributed by atoms with Crippen molar-refractivity contribution >= 4 is 0 Å². The topological polar surface area (TPSA) is 30.5 Å². The van der Waals surface area contributed by atoms with Crippen LogP contribution in [0.2, 0.25) is 0 Å². The van der Waals surface area contributed by atoms with E-state index in [0.29, 0.717) is 11.8 Å². The maximum Gasteiger partial charge on any atom is 0.171 e. The van der Waals surface area contributed by atoms with Gasteiger partial charge in [-0.25, -0.2) is 0 Å². The monoisotopic (exact) mass is 315 g/mol. The number of hydrogen-bond acceptors (Lipinski definition) is 3. The van der Waals surface area contributed by atoms with Gasteiger partial charge in [0.05, 0.1) is 13.2 Å². The van der Waals surface area contributed by atoms with E-state index in [-0.39, 0.29) is 5.79 Å². The van der Waals surface area contributed by atoms with E-state index < -0.39 is 0 Å². The lowest BCUT2D eigenvalue weighted by atomic mass is 9.96. The van der Waals surface area contributed by atoms with E-state index in [0.717, 1.165) is 45.6 Å². The van der Waals surface area contributed by atoms with Gasteiger partial charge in [-0.3, -0.25) is 0 Å². The van der Waals surface area contributed by atoms with Crippen LogP contribution in [-0.4, -0.2) is 32.1 Å². The summed E-state index contributed by atoms with van der Waals surface area (Å²) in [7, 11) is 0. The molecule has 1 saturated heterocycles. The second kappa shape index (κ2) is 8.09. The van der Waals surface area contributed by atoms with Gasteiger partial charge in [0, 0.05) is 24.8 Å². The Morgan fingerprint density at radius 3 is 2.74 bits per heavy atom. The fraction of sp³-hybridized carbons (Fsp3) is 0.600. The summed E-state index contributed by atoms with van der Waals surface area (Å²) in [6.07, 6.45) is 7.71. The van der Waals surface area contributed by atoms with E-state index in [1.165, 1.54) is 18.4 Å². The molecular formula is C20H29NO2. The quantitative estimate of drug-likeness (QED) is 0.612. The zero-order valence-corrected chi connectivity index (χ0v) is 14.0. The molecule has 0 radical (unpaired) electrons. The average Bonchev–Trinajstić information content (AvgIpc) is 2.98. The van der Waals surface area contributed by atoms with Gasteiger partial charge in [0.2, 0.25) is 0 Å². The third kappa shape index (κ3) is 4.03. The van der Waals surface area contributed by atoms with Crippen molar-refractivity contribution in [3.63, 3.8) is 0 Å². The fourth-order valence-electron chi connectivity index (χ4n) is 3.92. The molecule has 1 unspecified atom stereocenters. The van der Waals surface area contributed by atoms with Crippen LogP contribution in [0.15, 0.2) is 43.0 Å². The molecule has 1 saturated carbocycles. The first-order valence-electron chi connectivity index (χ1n) is 9.00. The molecule has 0 bridgehead atoms. The number of benzene rings is 1. The highest BCUT2D eigenvalue weighted by molar-refractivity contribution is 5.23. The molecule has 3 nitrogen and oxygen atoms in total. The Kier molecular flexibility index (Phi) is 5.87. The third-order valence-electron chi connectivity index (χ3n) is 5.23. The molecule has 1 spiro atoms. The molecule has 1 N–H and O–H groups in total. The van der Waals surface area contributed by atoms with E-state index in [4.69, 9.17) is 9.47 Å². The first kappa shape index (κ1) is 16.7. The molecule has 3 rings (SSSR count). The number of rotatable bonds is 7. The molecule has 2 aliphatic rings. The van der Waals surface area contributed by atoms with Crippen molar-refractivity contribution in [3.05, 3.63) is 48.6 Å². The standard InChI is InChI=1S/C20H29NO2/c1-2-17(18-8-4-3-5-9-18)16-21-13-11-19-10-6-12-20(19)22-14-7-15-23-20/h2-5,8-9,17,19,21H,1,6-7,10-16H2/t17-,19?/m0/s1. The highest BCUT2D eigenvalue weighted by atomic mass is 16.7. The molecule has 126 valence electrons. The summed E-state index contributed by atoms with van der Waals surface area (Å²) in [5.74, 6) is 0.641. The van der Waals surface area contributed by atoms with Crippen LogP contribution >= 0.6 is 0 Å². The highest BCUT2D eigenvalue weighted by Gasteiger charge is 2.45. The van der Waals surface area contributed by atoms with Gasteiger partial charge in [-0.2, -0.15) is 0 Å². The Bertz CT molecular complexity index is 482. The molecule has 0 amide bonds. The van der Waals surface area contributed by atoms with Crippen molar-refractivity contribution < 1.29 is 9.47 Å². The molecular weight excluding hydrogens is 286 g/mol. The van der Waals surface area contributed by atoms with E-state index in [1.807, 2.05) is 6.08 Å². The number of nitrogens with one attached hydrogen (secondary N) is 1. The molecule has 23 heavy (non-hydrogen) atoms. The maximum absolute atomic E-state index is 6.04. The van der Waals surface area contributed by atoms with Crippen LogP contribution in [0.1, 0.15) is 43.6 Å². The van der Waals surface area contributed by atoms with Crippen molar-refractivity contribution in [2.24, 2.45) is 5.92 Å². The van der Waals surface area contributed by atoms with Crippen LogP contribution in [0.25, 0.3) is 0 Å². The summed E-state index contributed by atoms with van der Waals surface area (Å²) < 4.78 is 12.1. The summed E-state index contributed by atoms with van der Waals surface area (Å²) in [4.78, 5) is 0. The van der Waals surface area contributed by atoms with Crippen LogP contribution in [0.5, 0.6) is 0 Å². The Labute approximate surface area is 140 Å². The van der Waals surface area contributed by atoms with Crippen molar-refractivity contribution in [2.75, 3.05) is 26.3 Å². The van der Waals surface area contributed by atoms with E-state index in [9.17, 15) is 0 Å². The van der Waals surface area contributed by atoms with Crippen molar-refractivity contribution in [3.8, 4) is 0 Å².